The molecule has 0 spiro atoms. The van der Waals surface area contributed by atoms with Crippen molar-refractivity contribution in [3.8, 4) is 5.75 Å². The van der Waals surface area contributed by atoms with Gasteiger partial charge in [-0.2, -0.15) is 17.9 Å². The van der Waals surface area contributed by atoms with Crippen LogP contribution in [0.5, 0.6) is 5.75 Å². The number of oxime groups is 1. The standard InChI is InChI=1S/C21H22F3N5O10S/c22-21(23,24)19(31)39-38-18(30)15(28-40(34,35)17-5-2-1-4-16(17)29(32)33)12-13-6-8-14(9-7-13)36-10-3-11-37-27-20(25)26/h1-2,4-9,15,28H,3,10-12H2,(H4,25,26,27)/t15-/m0/s1. The van der Waals surface area contributed by atoms with Crippen molar-refractivity contribution in [2.75, 3.05) is 13.2 Å². The average molecular weight is 593 g/mol. The number of nitro benzene ring substituents is 1. The number of carbonyl (C=O) groups is 2. The van der Waals surface area contributed by atoms with Crippen LogP contribution in [-0.2, 0) is 40.6 Å². The van der Waals surface area contributed by atoms with E-state index < -0.39 is 56.1 Å². The van der Waals surface area contributed by atoms with Crippen LogP contribution in [0.2, 0.25) is 0 Å². The number of hydrogen-bond acceptors (Lipinski definition) is 11. The van der Waals surface area contributed by atoms with Crippen molar-refractivity contribution in [2.45, 2.75) is 30.0 Å². The van der Waals surface area contributed by atoms with Gasteiger partial charge in [0.25, 0.3) is 5.69 Å². The highest BCUT2D eigenvalue weighted by Crippen LogP contribution is 2.24. The third-order valence-electron chi connectivity index (χ3n) is 4.55. The molecule has 40 heavy (non-hydrogen) atoms. The second-order valence-electron chi connectivity index (χ2n) is 7.57. The normalized spacial score (nSPS) is 12.1. The molecule has 0 unspecified atom stereocenters. The van der Waals surface area contributed by atoms with Crippen LogP contribution >= 0.6 is 0 Å². The highest BCUT2D eigenvalue weighted by molar-refractivity contribution is 7.89. The number of nitro groups is 1. The van der Waals surface area contributed by atoms with Gasteiger partial charge >= 0.3 is 18.1 Å². The van der Waals surface area contributed by atoms with E-state index in [2.05, 4.69) is 14.9 Å². The first kappa shape index (κ1) is 31.6. The van der Waals surface area contributed by atoms with Crippen molar-refractivity contribution in [3.05, 3.63) is 64.2 Å². The van der Waals surface area contributed by atoms with Crippen molar-refractivity contribution in [1.29, 1.82) is 0 Å². The molecular formula is C21H22F3N5O10S. The quantitative estimate of drug-likeness (QED) is 0.0739. The lowest BCUT2D eigenvalue weighted by Gasteiger charge is -2.17. The van der Waals surface area contributed by atoms with Crippen molar-refractivity contribution >= 4 is 33.6 Å². The van der Waals surface area contributed by atoms with Crippen molar-refractivity contribution in [1.82, 2.24) is 4.72 Å². The van der Waals surface area contributed by atoms with E-state index >= 15 is 0 Å². The number of nitrogens with one attached hydrogen (secondary N) is 1. The summed E-state index contributed by atoms with van der Waals surface area (Å²) in [6, 6.07) is 7.82. The first-order chi connectivity index (χ1) is 18.7. The van der Waals surface area contributed by atoms with Crippen LogP contribution < -0.4 is 20.9 Å². The average Bonchev–Trinajstić information content (AvgIpc) is 2.88. The van der Waals surface area contributed by atoms with E-state index in [-0.39, 0.29) is 24.7 Å². The van der Waals surface area contributed by atoms with Gasteiger partial charge in [0.05, 0.1) is 11.5 Å². The number of guanidine groups is 1. The van der Waals surface area contributed by atoms with Gasteiger partial charge < -0.3 is 21.0 Å². The molecule has 5 N–H and O–H groups in total. The molecular weight excluding hydrogens is 571 g/mol. The fraction of sp³-hybridized carbons (Fsp3) is 0.286. The first-order valence-electron chi connectivity index (χ1n) is 10.9. The number of para-hydroxylation sites is 1. The molecule has 0 aliphatic rings. The Morgan fingerprint density at radius 2 is 1.70 bits per heavy atom. The highest BCUT2D eigenvalue weighted by atomic mass is 32.2. The molecule has 2 aromatic rings. The van der Waals surface area contributed by atoms with Gasteiger partial charge in [0.2, 0.25) is 16.0 Å². The summed E-state index contributed by atoms with van der Waals surface area (Å²) in [4.78, 5) is 45.0. The zero-order valence-corrected chi connectivity index (χ0v) is 21.0. The van der Waals surface area contributed by atoms with E-state index in [0.717, 1.165) is 12.1 Å². The molecule has 0 bridgehead atoms. The Hall–Kier alpha value is -4.65. The number of nitrogens with two attached hydrogens (primary N) is 2. The van der Waals surface area contributed by atoms with Crippen molar-refractivity contribution < 1.29 is 55.5 Å². The minimum absolute atomic E-state index is 0.151. The number of ether oxygens (including phenoxy) is 1. The summed E-state index contributed by atoms with van der Waals surface area (Å²) in [7, 11) is -4.82. The zero-order chi connectivity index (χ0) is 29.9. The SMILES string of the molecule is NC(N)=NOCCCOc1ccc(C[C@H](NS(=O)(=O)c2ccccc2[N+](=O)[O-])C(=O)OOC(=O)C(F)(F)F)cc1. The summed E-state index contributed by atoms with van der Waals surface area (Å²) in [6.07, 6.45) is -5.64. The zero-order valence-electron chi connectivity index (χ0n) is 20.2. The molecule has 0 heterocycles. The maximum Gasteiger partial charge on any atom is 0.495 e. The van der Waals surface area contributed by atoms with Crippen molar-refractivity contribution in [3.63, 3.8) is 0 Å². The molecule has 15 nitrogen and oxygen atoms in total. The molecule has 0 aliphatic carbocycles. The van der Waals surface area contributed by atoms with Crippen molar-refractivity contribution in [2.24, 2.45) is 16.6 Å². The van der Waals surface area contributed by atoms with Gasteiger partial charge in [0, 0.05) is 12.5 Å². The molecule has 0 radical (unpaired) electrons. The van der Waals surface area contributed by atoms with Gasteiger partial charge in [-0.1, -0.05) is 24.3 Å². The third-order valence-corrected chi connectivity index (χ3v) is 6.07. The van der Waals surface area contributed by atoms with Crippen LogP contribution in [0.1, 0.15) is 12.0 Å². The molecule has 0 saturated carbocycles. The number of carbonyl (C=O) groups excluding carboxylic acids is 2. The van der Waals surface area contributed by atoms with E-state index in [1.807, 2.05) is 4.72 Å². The Morgan fingerprint density at radius 1 is 1.05 bits per heavy atom. The van der Waals surface area contributed by atoms with Gasteiger partial charge in [-0.05, 0) is 35.3 Å². The second kappa shape index (κ2) is 13.9. The predicted octanol–water partition coefficient (Wildman–Crippen LogP) is 1.02. The molecule has 0 amide bonds. The van der Waals surface area contributed by atoms with Gasteiger partial charge in [-0.25, -0.2) is 27.8 Å². The molecule has 0 fully saturated rings. The predicted molar refractivity (Wildman–Crippen MR) is 127 cm³/mol. The largest absolute Gasteiger partial charge is 0.495 e. The smallest absolute Gasteiger partial charge is 0.493 e. The summed E-state index contributed by atoms with van der Waals surface area (Å²) in [6.45, 7) is 0.340. The molecule has 0 aliphatic heterocycles. The van der Waals surface area contributed by atoms with Crippen LogP contribution in [0.3, 0.4) is 0 Å². The number of benzene rings is 2. The number of halogens is 3. The van der Waals surface area contributed by atoms with Gasteiger partial charge in [0.15, 0.2) is 4.90 Å². The Labute approximate surface area is 223 Å². The number of rotatable bonds is 13. The summed E-state index contributed by atoms with van der Waals surface area (Å²) < 4.78 is 70.3. The van der Waals surface area contributed by atoms with Crippen LogP contribution in [0.4, 0.5) is 18.9 Å². The summed E-state index contributed by atoms with van der Waals surface area (Å²) >= 11 is 0. The molecule has 2 rings (SSSR count). The van der Waals surface area contributed by atoms with Crippen LogP contribution in [0, 0.1) is 10.1 Å². The molecule has 218 valence electrons. The first-order valence-corrected chi connectivity index (χ1v) is 12.4. The topological polar surface area (TPSA) is 225 Å². The second-order valence-corrected chi connectivity index (χ2v) is 9.25. The Morgan fingerprint density at radius 3 is 2.30 bits per heavy atom. The van der Waals surface area contributed by atoms with E-state index in [1.54, 1.807) is 0 Å². The van der Waals surface area contributed by atoms with E-state index in [4.69, 9.17) is 21.0 Å². The maximum atomic E-state index is 12.9. The fourth-order valence-electron chi connectivity index (χ4n) is 2.83. The minimum Gasteiger partial charge on any atom is -0.493 e. The summed E-state index contributed by atoms with van der Waals surface area (Å²) in [5, 5.41) is 14.6. The number of hydrogen-bond donors (Lipinski definition) is 3. The lowest BCUT2D eigenvalue weighted by atomic mass is 10.1. The van der Waals surface area contributed by atoms with Crippen LogP contribution in [0.15, 0.2) is 58.6 Å². The van der Waals surface area contributed by atoms with Crippen LogP contribution in [0.25, 0.3) is 0 Å². The summed E-state index contributed by atoms with van der Waals surface area (Å²) in [5.74, 6) is -4.50. The molecule has 1 atom stereocenters. The molecule has 19 heteroatoms. The maximum absolute atomic E-state index is 12.9. The Kier molecular flexibility index (Phi) is 11.0. The van der Waals surface area contributed by atoms with Gasteiger partial charge in [-0.15, -0.1) is 0 Å². The lowest BCUT2D eigenvalue weighted by molar-refractivity contribution is -0.387. The lowest BCUT2D eigenvalue weighted by Crippen LogP contribution is -2.44. The molecule has 0 aromatic heterocycles. The fourth-order valence-corrected chi connectivity index (χ4v) is 4.19. The van der Waals surface area contributed by atoms with E-state index in [9.17, 15) is 41.3 Å². The Balaban J connectivity index is 2.18. The highest BCUT2D eigenvalue weighted by Gasteiger charge is 2.43. The Bertz CT molecular complexity index is 1330. The van der Waals surface area contributed by atoms with Gasteiger partial charge in [-0.3, -0.25) is 10.1 Å². The third kappa shape index (κ3) is 9.91. The minimum atomic E-state index is -5.51. The summed E-state index contributed by atoms with van der Waals surface area (Å²) in [5.41, 5.74) is 9.62. The number of sulfonamides is 1. The van der Waals surface area contributed by atoms with Crippen LogP contribution in [-0.4, -0.2) is 56.7 Å². The number of alkyl halides is 3. The van der Waals surface area contributed by atoms with Gasteiger partial charge in [0.1, 0.15) is 18.4 Å². The molecule has 0 saturated heterocycles. The number of nitrogens with zero attached hydrogens (tertiary/aromatic N) is 2. The monoisotopic (exact) mass is 593 g/mol. The molecule has 2 aromatic carbocycles. The van der Waals surface area contributed by atoms with E-state index in [1.165, 1.54) is 36.4 Å². The van der Waals surface area contributed by atoms with E-state index in [0.29, 0.717) is 12.2 Å².